The lowest BCUT2D eigenvalue weighted by Crippen LogP contribution is -2.28. The lowest BCUT2D eigenvalue weighted by atomic mass is 10.2. The van der Waals surface area contributed by atoms with E-state index in [1.54, 1.807) is 6.20 Å². The molecule has 1 aromatic carbocycles. The van der Waals surface area contributed by atoms with Crippen LogP contribution in [-0.4, -0.2) is 22.2 Å². The number of nitrogens with one attached hydrogen (secondary N) is 1. The Labute approximate surface area is 117 Å². The average Bonchev–Trinajstić information content (AvgIpc) is 2.76. The van der Waals surface area contributed by atoms with Crippen LogP contribution in [0.15, 0.2) is 24.4 Å². The van der Waals surface area contributed by atoms with Crippen LogP contribution in [0.1, 0.15) is 20.3 Å². The molecule has 2 aromatic rings. The predicted molar refractivity (Wildman–Crippen MR) is 77.2 cm³/mol. The zero-order valence-electron chi connectivity index (χ0n) is 11.2. The topological polar surface area (TPSA) is 46.9 Å². The molecule has 2 rings (SSSR count). The molecular weight excluding hydrogens is 262 g/mol. The third-order valence-corrected chi connectivity index (χ3v) is 3.10. The molecule has 0 aliphatic rings. The van der Waals surface area contributed by atoms with Crippen molar-refractivity contribution in [2.75, 3.05) is 6.54 Å². The number of amides is 1. The van der Waals surface area contributed by atoms with E-state index < -0.39 is 0 Å². The van der Waals surface area contributed by atoms with Gasteiger partial charge in [0.1, 0.15) is 0 Å². The van der Waals surface area contributed by atoms with Crippen LogP contribution in [0.5, 0.6) is 0 Å². The van der Waals surface area contributed by atoms with E-state index in [-0.39, 0.29) is 5.91 Å². The number of carbonyl (C=O) groups excluding carboxylic acids is 1. The maximum absolute atomic E-state index is 11.7. The molecule has 0 unspecified atom stereocenters. The number of rotatable bonds is 5. The molecule has 4 nitrogen and oxygen atoms in total. The SMILES string of the molecule is CC(C)CNC(=O)CCn1ncc2cc(Cl)ccc21. The highest BCUT2D eigenvalue weighted by molar-refractivity contribution is 6.31. The standard InChI is InChI=1S/C14H18ClN3O/c1-10(2)8-16-14(19)5-6-18-13-4-3-12(15)7-11(13)9-17-18/h3-4,7,9-10H,5-6,8H2,1-2H3,(H,16,19). The van der Waals surface area contributed by atoms with Crippen LogP contribution in [0.25, 0.3) is 10.9 Å². The van der Waals surface area contributed by atoms with Crippen molar-refractivity contribution in [3.63, 3.8) is 0 Å². The third-order valence-electron chi connectivity index (χ3n) is 2.86. The number of carbonyl (C=O) groups is 1. The Balaban J connectivity index is 1.96. The van der Waals surface area contributed by atoms with Crippen molar-refractivity contribution < 1.29 is 4.79 Å². The summed E-state index contributed by atoms with van der Waals surface area (Å²) < 4.78 is 1.83. The number of fused-ring (bicyclic) bond motifs is 1. The minimum Gasteiger partial charge on any atom is -0.356 e. The third kappa shape index (κ3) is 3.70. The van der Waals surface area contributed by atoms with Gasteiger partial charge in [0, 0.05) is 23.4 Å². The van der Waals surface area contributed by atoms with Crippen molar-refractivity contribution in [3.05, 3.63) is 29.4 Å². The van der Waals surface area contributed by atoms with E-state index in [4.69, 9.17) is 11.6 Å². The Morgan fingerprint density at radius 3 is 3.00 bits per heavy atom. The Morgan fingerprint density at radius 1 is 1.47 bits per heavy atom. The Hall–Kier alpha value is -1.55. The van der Waals surface area contributed by atoms with Crippen molar-refractivity contribution in [3.8, 4) is 0 Å². The molecule has 0 spiro atoms. The largest absolute Gasteiger partial charge is 0.356 e. The molecular formula is C14H18ClN3O. The minimum atomic E-state index is 0.0614. The van der Waals surface area contributed by atoms with Gasteiger partial charge in [0.05, 0.1) is 18.3 Å². The number of nitrogens with zero attached hydrogens (tertiary/aromatic N) is 2. The van der Waals surface area contributed by atoms with Crippen molar-refractivity contribution in [2.24, 2.45) is 5.92 Å². The molecule has 19 heavy (non-hydrogen) atoms. The number of hydrogen-bond donors (Lipinski definition) is 1. The fourth-order valence-corrected chi connectivity index (χ4v) is 2.03. The quantitative estimate of drug-likeness (QED) is 0.915. The van der Waals surface area contributed by atoms with Gasteiger partial charge in [-0.15, -0.1) is 0 Å². The minimum absolute atomic E-state index is 0.0614. The molecule has 102 valence electrons. The highest BCUT2D eigenvalue weighted by atomic mass is 35.5. The Bertz CT molecular complexity index is 577. The maximum atomic E-state index is 11.7. The smallest absolute Gasteiger partial charge is 0.221 e. The van der Waals surface area contributed by atoms with Gasteiger partial charge in [-0.1, -0.05) is 25.4 Å². The van der Waals surface area contributed by atoms with E-state index in [9.17, 15) is 4.79 Å². The number of halogens is 1. The molecule has 0 atom stereocenters. The van der Waals surface area contributed by atoms with Crippen molar-refractivity contribution in [1.82, 2.24) is 15.1 Å². The summed E-state index contributed by atoms with van der Waals surface area (Å²) in [6.45, 7) is 5.44. The summed E-state index contributed by atoms with van der Waals surface area (Å²) in [4.78, 5) is 11.7. The van der Waals surface area contributed by atoms with E-state index in [1.807, 2.05) is 22.9 Å². The molecule has 0 radical (unpaired) electrons. The molecule has 1 N–H and O–H groups in total. The summed E-state index contributed by atoms with van der Waals surface area (Å²) in [5, 5.41) is 8.87. The zero-order chi connectivity index (χ0) is 13.8. The van der Waals surface area contributed by atoms with Crippen LogP contribution < -0.4 is 5.32 Å². The molecule has 0 aliphatic carbocycles. The van der Waals surface area contributed by atoms with Crippen LogP contribution in [0.4, 0.5) is 0 Å². The molecule has 5 heteroatoms. The number of aryl methyl sites for hydroxylation is 1. The van der Waals surface area contributed by atoms with Crippen LogP contribution >= 0.6 is 11.6 Å². The van der Waals surface area contributed by atoms with Crippen molar-refractivity contribution in [1.29, 1.82) is 0 Å². The summed E-state index contributed by atoms with van der Waals surface area (Å²) in [5.41, 5.74) is 1.00. The first kappa shape index (κ1) is 13.9. The van der Waals surface area contributed by atoms with Gasteiger partial charge in [-0.25, -0.2) is 0 Å². The molecule has 0 bridgehead atoms. The predicted octanol–water partition coefficient (Wildman–Crippen LogP) is 2.85. The Kier molecular flexibility index (Phi) is 4.43. The lowest BCUT2D eigenvalue weighted by molar-refractivity contribution is -0.121. The van der Waals surface area contributed by atoms with Gasteiger partial charge >= 0.3 is 0 Å². The highest BCUT2D eigenvalue weighted by Gasteiger charge is 2.06. The lowest BCUT2D eigenvalue weighted by Gasteiger charge is -2.08. The summed E-state index contributed by atoms with van der Waals surface area (Å²) >= 11 is 5.93. The van der Waals surface area contributed by atoms with Gasteiger partial charge in [-0.3, -0.25) is 9.48 Å². The first-order valence-electron chi connectivity index (χ1n) is 6.44. The van der Waals surface area contributed by atoms with Crippen LogP contribution in [-0.2, 0) is 11.3 Å². The summed E-state index contributed by atoms with van der Waals surface area (Å²) in [6.07, 6.45) is 2.21. The van der Waals surface area contributed by atoms with Crippen LogP contribution in [0.2, 0.25) is 5.02 Å². The normalized spacial score (nSPS) is 11.2. The van der Waals surface area contributed by atoms with Gasteiger partial charge in [-0.05, 0) is 24.1 Å². The van der Waals surface area contributed by atoms with Crippen molar-refractivity contribution in [2.45, 2.75) is 26.8 Å². The molecule has 1 heterocycles. The molecule has 1 amide bonds. The first-order chi connectivity index (χ1) is 9.06. The first-order valence-corrected chi connectivity index (χ1v) is 6.82. The summed E-state index contributed by atoms with van der Waals surface area (Å²) in [6, 6.07) is 5.64. The second-order valence-corrected chi connectivity index (χ2v) is 5.46. The van der Waals surface area contributed by atoms with Gasteiger partial charge in [0.25, 0.3) is 0 Å². The van der Waals surface area contributed by atoms with E-state index in [1.165, 1.54) is 0 Å². The second-order valence-electron chi connectivity index (χ2n) is 5.02. The fraction of sp³-hybridized carbons (Fsp3) is 0.429. The average molecular weight is 280 g/mol. The van der Waals surface area contributed by atoms with Gasteiger partial charge < -0.3 is 5.32 Å². The Morgan fingerprint density at radius 2 is 2.26 bits per heavy atom. The maximum Gasteiger partial charge on any atom is 0.221 e. The highest BCUT2D eigenvalue weighted by Crippen LogP contribution is 2.18. The summed E-state index contributed by atoms with van der Waals surface area (Å²) in [7, 11) is 0. The van der Waals surface area contributed by atoms with E-state index in [0.717, 1.165) is 10.9 Å². The van der Waals surface area contributed by atoms with Crippen LogP contribution in [0.3, 0.4) is 0 Å². The zero-order valence-corrected chi connectivity index (χ0v) is 11.9. The number of aromatic nitrogens is 2. The monoisotopic (exact) mass is 279 g/mol. The molecule has 0 aliphatic heterocycles. The van der Waals surface area contributed by atoms with Crippen molar-refractivity contribution >= 4 is 28.4 Å². The number of benzene rings is 1. The second kappa shape index (κ2) is 6.06. The van der Waals surface area contributed by atoms with E-state index in [2.05, 4.69) is 24.3 Å². The number of hydrogen-bond acceptors (Lipinski definition) is 2. The molecule has 1 aromatic heterocycles. The van der Waals surface area contributed by atoms with Gasteiger partial charge in [0.2, 0.25) is 5.91 Å². The van der Waals surface area contributed by atoms with E-state index >= 15 is 0 Å². The van der Waals surface area contributed by atoms with Gasteiger partial charge in [-0.2, -0.15) is 5.10 Å². The van der Waals surface area contributed by atoms with E-state index in [0.29, 0.717) is 30.5 Å². The fourth-order valence-electron chi connectivity index (χ4n) is 1.85. The molecule has 0 saturated carbocycles. The summed E-state index contributed by atoms with van der Waals surface area (Å²) in [5.74, 6) is 0.530. The van der Waals surface area contributed by atoms with Gasteiger partial charge in [0.15, 0.2) is 0 Å². The molecule has 0 fully saturated rings. The molecule has 0 saturated heterocycles. The van der Waals surface area contributed by atoms with Crippen LogP contribution in [0, 0.1) is 5.92 Å².